The van der Waals surface area contributed by atoms with Gasteiger partial charge in [0, 0.05) is 9.04 Å². The van der Waals surface area contributed by atoms with E-state index in [-0.39, 0.29) is 9.04 Å². The molecule has 5 heteroatoms. The molecule has 0 aliphatic rings. The van der Waals surface area contributed by atoms with Crippen LogP contribution in [0.15, 0.2) is 11.3 Å². The molecule has 0 radical (unpaired) electrons. The maximum Gasteiger partial charge on any atom is 0.312 e. The highest BCUT2D eigenvalue weighted by atomic mass is 29.2. The molecule has 72 valence electrons. The quantitative estimate of drug-likeness (QED) is 0.475. The third-order valence-corrected chi connectivity index (χ3v) is 9.23. The number of methoxy groups -OCH3 is 3. The molecule has 0 amide bonds. The molecular weight excluding hydrogens is 188 g/mol. The molecule has 0 spiro atoms. The molecule has 0 bridgehead atoms. The fraction of sp³-hybridized carbons (Fsp3) is 0.714. The summed E-state index contributed by atoms with van der Waals surface area (Å²) in [6.45, 7) is 4.56. The molecule has 0 fully saturated rings. The highest BCUT2D eigenvalue weighted by Crippen LogP contribution is 2.09. The van der Waals surface area contributed by atoms with Crippen LogP contribution >= 0.6 is 0 Å². The van der Waals surface area contributed by atoms with Crippen LogP contribution < -0.4 is 0 Å². The van der Waals surface area contributed by atoms with Gasteiger partial charge in [0.25, 0.3) is 0 Å². The standard InChI is InChI=1S/C7H18O3Si2/c1-8-6(9-2)7(10-3)12(5)11-4/h12H,11H2,1-5H3. The molecule has 0 aromatic carbocycles. The normalized spacial score (nSPS) is 12.8. The van der Waals surface area contributed by atoms with Crippen LogP contribution in [0.2, 0.25) is 13.1 Å². The summed E-state index contributed by atoms with van der Waals surface area (Å²) in [4.78, 5) is 0. The van der Waals surface area contributed by atoms with E-state index in [1.54, 1.807) is 21.3 Å². The van der Waals surface area contributed by atoms with Crippen LogP contribution in [0.25, 0.3) is 0 Å². The molecule has 0 aliphatic carbocycles. The van der Waals surface area contributed by atoms with Gasteiger partial charge < -0.3 is 14.2 Å². The average molecular weight is 206 g/mol. The molecule has 0 rings (SSSR count). The fourth-order valence-electron chi connectivity index (χ4n) is 0.956. The number of hydrogen-bond acceptors (Lipinski definition) is 3. The minimum Gasteiger partial charge on any atom is -0.500 e. The monoisotopic (exact) mass is 206 g/mol. The molecule has 0 saturated heterocycles. The van der Waals surface area contributed by atoms with Gasteiger partial charge in [0.1, 0.15) is 13.7 Å². The molecule has 1 unspecified atom stereocenters. The second-order valence-corrected chi connectivity index (χ2v) is 11.8. The van der Waals surface area contributed by atoms with Crippen LogP contribution in [0.5, 0.6) is 0 Å². The van der Waals surface area contributed by atoms with Gasteiger partial charge in [0.2, 0.25) is 0 Å². The van der Waals surface area contributed by atoms with Gasteiger partial charge in [-0.3, -0.25) is 0 Å². The summed E-state index contributed by atoms with van der Waals surface area (Å²) in [7, 11) is 4.07. The summed E-state index contributed by atoms with van der Waals surface area (Å²) in [5.41, 5.74) is 0. The molecule has 12 heavy (non-hydrogen) atoms. The molecule has 1 atom stereocenters. The Hall–Kier alpha value is -0.426. The summed E-state index contributed by atoms with van der Waals surface area (Å²) in [6.07, 6.45) is 0. The maximum absolute atomic E-state index is 5.27. The highest BCUT2D eigenvalue weighted by Gasteiger charge is 2.16. The van der Waals surface area contributed by atoms with Crippen molar-refractivity contribution in [2.75, 3.05) is 21.3 Å². The van der Waals surface area contributed by atoms with Crippen molar-refractivity contribution in [3.63, 3.8) is 0 Å². The lowest BCUT2D eigenvalue weighted by Crippen LogP contribution is -2.22. The van der Waals surface area contributed by atoms with Gasteiger partial charge in [0.05, 0.1) is 21.3 Å². The van der Waals surface area contributed by atoms with Crippen LogP contribution in [-0.2, 0) is 14.2 Å². The topological polar surface area (TPSA) is 27.7 Å². The van der Waals surface area contributed by atoms with Gasteiger partial charge >= 0.3 is 5.95 Å². The van der Waals surface area contributed by atoms with Crippen LogP contribution in [0.1, 0.15) is 0 Å². The largest absolute Gasteiger partial charge is 0.500 e. The van der Waals surface area contributed by atoms with Crippen molar-refractivity contribution < 1.29 is 14.2 Å². The van der Waals surface area contributed by atoms with E-state index in [0.29, 0.717) is 5.95 Å². The summed E-state index contributed by atoms with van der Waals surface area (Å²) in [5, 5.41) is 0.967. The summed E-state index contributed by atoms with van der Waals surface area (Å²) in [6, 6.07) is 0. The maximum atomic E-state index is 5.27. The third kappa shape index (κ3) is 2.90. The lowest BCUT2D eigenvalue weighted by Gasteiger charge is -2.14. The van der Waals surface area contributed by atoms with Crippen molar-refractivity contribution >= 4 is 17.4 Å². The molecule has 0 N–H and O–H groups in total. The Morgan fingerprint density at radius 3 is 1.83 bits per heavy atom. The predicted octanol–water partition coefficient (Wildman–Crippen LogP) is 0.204. The Kier molecular flexibility index (Phi) is 5.91. The van der Waals surface area contributed by atoms with Gasteiger partial charge in [-0.25, -0.2) is 0 Å². The molecule has 0 heterocycles. The van der Waals surface area contributed by atoms with Crippen molar-refractivity contribution in [2.45, 2.75) is 13.1 Å². The summed E-state index contributed by atoms with van der Waals surface area (Å²) >= 11 is 0. The minimum atomic E-state index is -0.843. The third-order valence-electron chi connectivity index (χ3n) is 1.85. The van der Waals surface area contributed by atoms with E-state index in [1.807, 2.05) is 0 Å². The number of rotatable bonds is 5. The van der Waals surface area contributed by atoms with E-state index in [0.717, 1.165) is 5.38 Å². The lowest BCUT2D eigenvalue weighted by atomic mass is 10.9. The number of ether oxygens (including phenoxy) is 3. The number of hydrogen-bond donors (Lipinski definition) is 0. The van der Waals surface area contributed by atoms with E-state index >= 15 is 0 Å². The van der Waals surface area contributed by atoms with E-state index in [1.165, 1.54) is 0 Å². The first-order chi connectivity index (χ1) is 5.71. The summed E-state index contributed by atoms with van der Waals surface area (Å²) < 4.78 is 15.4. The lowest BCUT2D eigenvalue weighted by molar-refractivity contribution is 0.0753. The second kappa shape index (κ2) is 6.13. The van der Waals surface area contributed by atoms with Crippen molar-refractivity contribution in [3.05, 3.63) is 11.3 Å². The molecule has 0 aromatic rings. The van der Waals surface area contributed by atoms with Crippen LogP contribution in [0.4, 0.5) is 0 Å². The Labute approximate surface area is 77.9 Å². The Bertz CT molecular complexity index is 153. The molecule has 0 aromatic heterocycles. The molecule has 0 saturated carbocycles. The Balaban J connectivity index is 4.56. The highest BCUT2D eigenvalue weighted by molar-refractivity contribution is 7.14. The Morgan fingerprint density at radius 1 is 1.08 bits per heavy atom. The fourth-order valence-corrected chi connectivity index (χ4v) is 4.48. The first-order valence-electron chi connectivity index (χ1n) is 4.07. The van der Waals surface area contributed by atoms with Crippen LogP contribution in [0.3, 0.4) is 0 Å². The average Bonchev–Trinajstić information content (AvgIpc) is 2.12. The Morgan fingerprint density at radius 2 is 1.58 bits per heavy atom. The first-order valence-corrected chi connectivity index (χ1v) is 10.5. The van der Waals surface area contributed by atoms with Gasteiger partial charge in [-0.1, -0.05) is 13.1 Å². The summed E-state index contributed by atoms with van der Waals surface area (Å²) in [5.74, 6) is 0.561. The van der Waals surface area contributed by atoms with E-state index < -0.39 is 8.31 Å². The first kappa shape index (κ1) is 11.6. The van der Waals surface area contributed by atoms with Crippen LogP contribution in [0, 0.1) is 0 Å². The van der Waals surface area contributed by atoms with Gasteiger partial charge in [-0.15, -0.1) is 0 Å². The van der Waals surface area contributed by atoms with Gasteiger partial charge in [0.15, 0.2) is 0 Å². The van der Waals surface area contributed by atoms with E-state index in [2.05, 4.69) is 13.1 Å². The zero-order valence-corrected chi connectivity index (χ0v) is 11.1. The van der Waals surface area contributed by atoms with Crippen molar-refractivity contribution in [1.82, 2.24) is 0 Å². The van der Waals surface area contributed by atoms with E-state index in [4.69, 9.17) is 14.2 Å². The minimum absolute atomic E-state index is 0.0145. The van der Waals surface area contributed by atoms with Crippen molar-refractivity contribution in [1.29, 1.82) is 0 Å². The zero-order chi connectivity index (χ0) is 9.56. The smallest absolute Gasteiger partial charge is 0.312 e. The molecule has 0 aliphatic heterocycles. The molecular formula is C7H18O3Si2. The SMILES string of the molecule is COC(OC)=C(OC)[SiH](C)[SiH2]C. The van der Waals surface area contributed by atoms with Crippen LogP contribution in [-0.4, -0.2) is 38.7 Å². The zero-order valence-electron chi connectivity index (χ0n) is 8.51. The van der Waals surface area contributed by atoms with Gasteiger partial charge in [-0.05, 0) is 0 Å². The van der Waals surface area contributed by atoms with E-state index in [9.17, 15) is 0 Å². The second-order valence-electron chi connectivity index (χ2n) is 2.57. The van der Waals surface area contributed by atoms with Crippen molar-refractivity contribution in [3.8, 4) is 0 Å². The molecule has 3 nitrogen and oxygen atoms in total. The predicted molar refractivity (Wildman–Crippen MR) is 55.5 cm³/mol. The van der Waals surface area contributed by atoms with Crippen molar-refractivity contribution in [2.24, 2.45) is 0 Å². The van der Waals surface area contributed by atoms with Gasteiger partial charge in [-0.2, -0.15) is 0 Å².